The van der Waals surface area contributed by atoms with Gasteiger partial charge in [-0.05, 0) is 12.8 Å². The number of piperidine rings is 1. The summed E-state index contributed by atoms with van der Waals surface area (Å²) in [5.41, 5.74) is 0.843. The second-order valence-corrected chi connectivity index (χ2v) is 10.0. The van der Waals surface area contributed by atoms with E-state index < -0.39 is 10.0 Å². The third kappa shape index (κ3) is 4.03. The maximum absolute atomic E-state index is 12.8. The molecule has 2 aromatic rings. The van der Waals surface area contributed by atoms with Gasteiger partial charge in [-0.25, -0.2) is 12.7 Å². The third-order valence-electron chi connectivity index (χ3n) is 5.07. The lowest BCUT2D eigenvalue weighted by atomic mass is 9.98. The van der Waals surface area contributed by atoms with E-state index in [2.05, 4.69) is 10.9 Å². The lowest BCUT2D eigenvalue weighted by Gasteiger charge is -2.28. The molecule has 0 saturated carbocycles. The summed E-state index contributed by atoms with van der Waals surface area (Å²) in [7, 11) is -3.23. The minimum atomic E-state index is -3.23. The van der Waals surface area contributed by atoms with Crippen LogP contribution in [-0.2, 0) is 21.4 Å². The van der Waals surface area contributed by atoms with Crippen LogP contribution < -0.4 is 14.3 Å². The third-order valence-corrected chi connectivity index (χ3v) is 7.42. The Kier molecular flexibility index (Phi) is 5.38. The predicted molar refractivity (Wildman–Crippen MR) is 109 cm³/mol. The van der Waals surface area contributed by atoms with Crippen LogP contribution in [0.4, 0.5) is 0 Å². The molecule has 0 radical (unpaired) electrons. The number of sulfonamides is 1. The highest BCUT2D eigenvalue weighted by atomic mass is 32.2. The van der Waals surface area contributed by atoms with Gasteiger partial charge in [0.1, 0.15) is 13.2 Å². The van der Waals surface area contributed by atoms with Gasteiger partial charge < -0.3 is 14.0 Å². The Balaban J connectivity index is 1.66. The lowest BCUT2D eigenvalue weighted by Crippen LogP contribution is -2.39. The number of fused-ring (bicyclic) bond motifs is 2. The normalized spacial score (nSPS) is 18.7. The summed E-state index contributed by atoms with van der Waals surface area (Å²) >= 11 is 1.37. The van der Waals surface area contributed by atoms with Crippen molar-refractivity contribution in [1.29, 1.82) is 0 Å². The minimum absolute atomic E-state index is 0.243. The fraction of sp³-hybridized carbons (Fsp3) is 0.474. The molecule has 2 aliphatic heterocycles. The van der Waals surface area contributed by atoms with Gasteiger partial charge in [-0.15, -0.1) is 6.42 Å². The molecular formula is C19H21N3O5S2. The number of rotatable bonds is 3. The van der Waals surface area contributed by atoms with Gasteiger partial charge in [-0.2, -0.15) is 4.99 Å². The van der Waals surface area contributed by atoms with Crippen LogP contribution in [0.3, 0.4) is 0 Å². The SMILES string of the molecule is C#CCn1c(=NC(=O)C2CCN(S(C)(=O)=O)CC2)sc2cc3c(cc21)OCCO3. The molecule has 3 heterocycles. The van der Waals surface area contributed by atoms with E-state index in [-0.39, 0.29) is 18.4 Å². The van der Waals surface area contributed by atoms with Crippen LogP contribution in [-0.4, -0.2) is 55.8 Å². The van der Waals surface area contributed by atoms with Crippen molar-refractivity contribution in [2.24, 2.45) is 10.9 Å². The quantitative estimate of drug-likeness (QED) is 0.676. The first-order valence-corrected chi connectivity index (χ1v) is 11.9. The molecule has 0 aliphatic carbocycles. The highest BCUT2D eigenvalue weighted by Crippen LogP contribution is 2.35. The largest absolute Gasteiger partial charge is 0.486 e. The molecule has 0 bridgehead atoms. The Bertz CT molecular complexity index is 1160. The van der Waals surface area contributed by atoms with Crippen molar-refractivity contribution >= 4 is 37.5 Å². The number of amides is 1. The van der Waals surface area contributed by atoms with Crippen LogP contribution in [0.1, 0.15) is 12.8 Å². The van der Waals surface area contributed by atoms with E-state index in [0.29, 0.717) is 55.4 Å². The highest BCUT2D eigenvalue weighted by Gasteiger charge is 2.29. The molecule has 154 valence electrons. The van der Waals surface area contributed by atoms with Crippen LogP contribution in [0.25, 0.3) is 10.2 Å². The summed E-state index contributed by atoms with van der Waals surface area (Å²) in [6, 6.07) is 3.75. The van der Waals surface area contributed by atoms with Crippen LogP contribution in [0.2, 0.25) is 0 Å². The predicted octanol–water partition coefficient (Wildman–Crippen LogP) is 1.21. The number of aromatic nitrogens is 1. The molecule has 1 aromatic carbocycles. The molecule has 1 saturated heterocycles. The molecule has 29 heavy (non-hydrogen) atoms. The number of benzene rings is 1. The molecule has 8 nitrogen and oxygen atoms in total. The molecule has 1 amide bonds. The van der Waals surface area contributed by atoms with Gasteiger partial charge in [-0.1, -0.05) is 17.3 Å². The molecule has 1 fully saturated rings. The van der Waals surface area contributed by atoms with Crippen LogP contribution in [0.5, 0.6) is 11.5 Å². The number of hydrogen-bond donors (Lipinski definition) is 0. The van der Waals surface area contributed by atoms with Crippen molar-refractivity contribution in [1.82, 2.24) is 8.87 Å². The summed E-state index contributed by atoms with van der Waals surface area (Å²) in [5.74, 6) is 3.40. The van der Waals surface area contributed by atoms with Gasteiger partial charge in [0.15, 0.2) is 16.3 Å². The number of hydrogen-bond acceptors (Lipinski definition) is 6. The van der Waals surface area contributed by atoms with Crippen molar-refractivity contribution in [2.45, 2.75) is 19.4 Å². The van der Waals surface area contributed by atoms with Gasteiger partial charge in [0, 0.05) is 31.1 Å². The Morgan fingerprint density at radius 3 is 2.55 bits per heavy atom. The second-order valence-electron chi connectivity index (χ2n) is 7.02. The minimum Gasteiger partial charge on any atom is -0.486 e. The van der Waals surface area contributed by atoms with E-state index in [1.165, 1.54) is 21.9 Å². The Morgan fingerprint density at radius 2 is 1.93 bits per heavy atom. The van der Waals surface area contributed by atoms with Crippen molar-refractivity contribution in [2.75, 3.05) is 32.6 Å². The summed E-state index contributed by atoms with van der Waals surface area (Å²) in [4.78, 5) is 17.6. The smallest absolute Gasteiger partial charge is 0.251 e. The van der Waals surface area contributed by atoms with Gasteiger partial charge >= 0.3 is 0 Å². The fourth-order valence-electron chi connectivity index (χ4n) is 3.56. The molecule has 0 atom stereocenters. The van der Waals surface area contributed by atoms with Gasteiger partial charge in [0.25, 0.3) is 5.91 Å². The van der Waals surface area contributed by atoms with Crippen LogP contribution in [0, 0.1) is 18.3 Å². The fourth-order valence-corrected chi connectivity index (χ4v) is 5.47. The zero-order valence-corrected chi connectivity index (χ0v) is 17.6. The molecule has 4 rings (SSSR count). The van der Waals surface area contributed by atoms with E-state index in [4.69, 9.17) is 15.9 Å². The maximum atomic E-state index is 12.8. The summed E-state index contributed by atoms with van der Waals surface area (Å²) in [6.45, 7) is 1.93. The van der Waals surface area contributed by atoms with E-state index >= 15 is 0 Å². The van der Waals surface area contributed by atoms with E-state index in [1.807, 2.05) is 16.7 Å². The zero-order chi connectivity index (χ0) is 20.6. The van der Waals surface area contributed by atoms with Crippen LogP contribution >= 0.6 is 11.3 Å². The van der Waals surface area contributed by atoms with Crippen LogP contribution in [0.15, 0.2) is 17.1 Å². The zero-order valence-electron chi connectivity index (χ0n) is 16.0. The summed E-state index contributed by atoms with van der Waals surface area (Å²) in [6.07, 6.45) is 7.65. The van der Waals surface area contributed by atoms with Gasteiger partial charge in [0.2, 0.25) is 10.0 Å². The number of carbonyl (C=O) groups is 1. The molecule has 10 heteroatoms. The summed E-state index contributed by atoms with van der Waals surface area (Å²) < 4.78 is 38.7. The molecule has 2 aliphatic rings. The monoisotopic (exact) mass is 435 g/mol. The van der Waals surface area contributed by atoms with Gasteiger partial charge in [0.05, 0.1) is 23.0 Å². The van der Waals surface area contributed by atoms with Crippen molar-refractivity contribution in [3.8, 4) is 23.8 Å². The first kappa shape index (κ1) is 19.9. The van der Waals surface area contributed by atoms with E-state index in [1.54, 1.807) is 0 Å². The standard InChI is InChI=1S/C19H21N3O5S2/c1-3-6-22-14-11-15-16(27-10-9-26-15)12-17(14)28-19(22)20-18(23)13-4-7-21(8-5-13)29(2,24)25/h1,11-13H,4-10H2,2H3. The number of nitrogens with zero attached hydrogens (tertiary/aromatic N) is 3. The Labute approximate surface area is 172 Å². The van der Waals surface area contributed by atoms with Crippen molar-refractivity contribution in [3.05, 3.63) is 16.9 Å². The number of terminal acetylenes is 1. The molecule has 0 spiro atoms. The van der Waals surface area contributed by atoms with Gasteiger partial charge in [-0.3, -0.25) is 4.79 Å². The van der Waals surface area contributed by atoms with Crippen molar-refractivity contribution < 1.29 is 22.7 Å². The average molecular weight is 436 g/mol. The first-order chi connectivity index (χ1) is 13.9. The first-order valence-electron chi connectivity index (χ1n) is 9.27. The average Bonchev–Trinajstić information content (AvgIpc) is 3.02. The molecule has 0 unspecified atom stereocenters. The Morgan fingerprint density at radius 1 is 1.28 bits per heavy atom. The number of carbonyl (C=O) groups excluding carboxylic acids is 1. The number of thiazole rings is 1. The van der Waals surface area contributed by atoms with E-state index in [9.17, 15) is 13.2 Å². The topological polar surface area (TPSA) is 90.2 Å². The Hall–Kier alpha value is -2.35. The second kappa shape index (κ2) is 7.82. The molecule has 0 N–H and O–H groups in total. The molecule has 1 aromatic heterocycles. The summed E-state index contributed by atoms with van der Waals surface area (Å²) in [5, 5.41) is 0. The number of ether oxygens (including phenoxy) is 2. The highest BCUT2D eigenvalue weighted by molar-refractivity contribution is 7.88. The van der Waals surface area contributed by atoms with E-state index in [0.717, 1.165) is 10.2 Å². The lowest BCUT2D eigenvalue weighted by molar-refractivity contribution is -0.122. The van der Waals surface area contributed by atoms with Crippen molar-refractivity contribution in [3.63, 3.8) is 0 Å². The molecular weight excluding hydrogens is 414 g/mol. The maximum Gasteiger partial charge on any atom is 0.251 e.